The van der Waals surface area contributed by atoms with Crippen molar-refractivity contribution in [3.8, 4) is 5.75 Å². The van der Waals surface area contributed by atoms with Crippen molar-refractivity contribution in [3.63, 3.8) is 0 Å². The molecule has 4 rings (SSSR count). The molecule has 0 aliphatic heterocycles. The third kappa shape index (κ3) is 4.57. The van der Waals surface area contributed by atoms with Gasteiger partial charge in [-0.05, 0) is 36.8 Å². The number of pyridine rings is 1. The predicted octanol–water partition coefficient (Wildman–Crippen LogP) is 3.65. The number of amides is 2. The number of hydrogen-bond donors (Lipinski definition) is 1. The summed E-state index contributed by atoms with van der Waals surface area (Å²) in [7, 11) is 3.19. The van der Waals surface area contributed by atoms with Gasteiger partial charge in [0.2, 0.25) is 5.91 Å². The fourth-order valence-electron chi connectivity index (χ4n) is 3.88. The van der Waals surface area contributed by atoms with Crippen molar-refractivity contribution in [2.75, 3.05) is 12.8 Å². The average Bonchev–Trinajstić information content (AvgIpc) is 3.19. The van der Waals surface area contributed by atoms with Crippen LogP contribution in [-0.2, 0) is 18.4 Å². The molecule has 0 unspecified atom stereocenters. The van der Waals surface area contributed by atoms with Crippen molar-refractivity contribution in [3.05, 3.63) is 59.3 Å². The van der Waals surface area contributed by atoms with Crippen LogP contribution in [0.4, 0.5) is 14.6 Å². The fourth-order valence-corrected chi connectivity index (χ4v) is 3.88. The number of carbonyl (C=O) groups is 2. The molecule has 0 atom stereocenters. The van der Waals surface area contributed by atoms with Gasteiger partial charge in [-0.15, -0.1) is 0 Å². The Morgan fingerprint density at radius 3 is 2.60 bits per heavy atom. The summed E-state index contributed by atoms with van der Waals surface area (Å²) in [5.74, 6) is -0.667. The van der Waals surface area contributed by atoms with Gasteiger partial charge in [0.1, 0.15) is 11.6 Å². The number of hydrazine groups is 1. The van der Waals surface area contributed by atoms with Crippen LogP contribution in [0.2, 0.25) is 0 Å². The van der Waals surface area contributed by atoms with Gasteiger partial charge in [0.15, 0.2) is 0 Å². The highest BCUT2D eigenvalue weighted by molar-refractivity contribution is 6.10. The van der Waals surface area contributed by atoms with Crippen molar-refractivity contribution < 1.29 is 23.1 Å². The Morgan fingerprint density at radius 2 is 1.91 bits per heavy atom. The van der Waals surface area contributed by atoms with Gasteiger partial charge in [0.05, 0.1) is 29.2 Å². The molecule has 2 N–H and O–H groups in total. The van der Waals surface area contributed by atoms with E-state index in [0.717, 1.165) is 5.01 Å². The lowest BCUT2D eigenvalue weighted by Crippen LogP contribution is -2.46. The topological polar surface area (TPSA) is 107 Å². The highest BCUT2D eigenvalue weighted by Crippen LogP contribution is 2.29. The maximum Gasteiger partial charge on any atom is 0.387 e. The Hall–Kier alpha value is -4.28. The van der Waals surface area contributed by atoms with E-state index in [4.69, 9.17) is 5.73 Å². The molecule has 0 aliphatic carbocycles. The number of halogens is 2. The number of carbonyl (C=O) groups excluding carboxylic acids is 2. The minimum absolute atomic E-state index is 0.0652. The third-order valence-corrected chi connectivity index (χ3v) is 5.77. The molecule has 35 heavy (non-hydrogen) atoms. The van der Waals surface area contributed by atoms with E-state index in [2.05, 4.69) is 14.8 Å². The van der Waals surface area contributed by atoms with Gasteiger partial charge in [0.25, 0.3) is 5.91 Å². The van der Waals surface area contributed by atoms with Gasteiger partial charge in [-0.2, -0.15) is 13.9 Å². The lowest BCUT2D eigenvalue weighted by atomic mass is 10.1. The lowest BCUT2D eigenvalue weighted by molar-refractivity contribution is -0.140. The molecule has 2 aromatic carbocycles. The first-order valence-corrected chi connectivity index (χ1v) is 10.7. The molecule has 11 heteroatoms. The molecule has 0 radical (unpaired) electrons. The van der Waals surface area contributed by atoms with Crippen molar-refractivity contribution in [2.24, 2.45) is 7.05 Å². The Morgan fingerprint density at radius 1 is 1.17 bits per heavy atom. The molecule has 2 heterocycles. The normalized spacial score (nSPS) is 11.3. The van der Waals surface area contributed by atoms with Crippen LogP contribution in [0.1, 0.15) is 28.4 Å². The quantitative estimate of drug-likeness (QED) is 0.435. The first-order chi connectivity index (χ1) is 16.6. The highest BCUT2D eigenvalue weighted by atomic mass is 19.3. The van der Waals surface area contributed by atoms with Crippen molar-refractivity contribution >= 4 is 39.4 Å². The summed E-state index contributed by atoms with van der Waals surface area (Å²) in [4.78, 5) is 30.2. The number of nitrogens with zero attached hydrogens (tertiary/aromatic N) is 5. The van der Waals surface area contributed by atoms with Crippen LogP contribution >= 0.6 is 0 Å². The van der Waals surface area contributed by atoms with Gasteiger partial charge >= 0.3 is 6.61 Å². The number of fused-ring (bicyclic) bond motifs is 3. The van der Waals surface area contributed by atoms with Crippen LogP contribution in [-0.4, -0.2) is 50.3 Å². The summed E-state index contributed by atoms with van der Waals surface area (Å²) in [6, 6.07) is 9.66. The third-order valence-electron chi connectivity index (χ3n) is 5.77. The molecule has 4 aromatic rings. The summed E-state index contributed by atoms with van der Waals surface area (Å²) >= 11 is 0. The van der Waals surface area contributed by atoms with Crippen LogP contribution in [0, 0.1) is 6.92 Å². The van der Waals surface area contributed by atoms with E-state index < -0.39 is 18.4 Å². The Balaban J connectivity index is 1.79. The van der Waals surface area contributed by atoms with Crippen LogP contribution in [0.15, 0.2) is 42.6 Å². The zero-order valence-electron chi connectivity index (χ0n) is 19.6. The number of nitrogens with two attached hydrogens (primary N) is 1. The number of rotatable bonds is 5. The monoisotopic (exact) mass is 482 g/mol. The van der Waals surface area contributed by atoms with Gasteiger partial charge in [-0.3, -0.25) is 19.3 Å². The van der Waals surface area contributed by atoms with Gasteiger partial charge in [-0.1, -0.05) is 12.1 Å². The maximum absolute atomic E-state index is 13.6. The molecule has 0 saturated carbocycles. The highest BCUT2D eigenvalue weighted by Gasteiger charge is 2.25. The lowest BCUT2D eigenvalue weighted by Gasteiger charge is -2.32. The maximum atomic E-state index is 13.6. The summed E-state index contributed by atoms with van der Waals surface area (Å²) in [6.45, 7) is -0.164. The number of anilines is 1. The zero-order valence-corrected chi connectivity index (χ0v) is 19.6. The number of alkyl halides is 2. The second kappa shape index (κ2) is 9.16. The van der Waals surface area contributed by atoms with Crippen LogP contribution in [0.5, 0.6) is 5.75 Å². The van der Waals surface area contributed by atoms with Gasteiger partial charge < -0.3 is 10.5 Å². The molecular weight excluding hydrogens is 458 g/mol. The van der Waals surface area contributed by atoms with Crippen molar-refractivity contribution in [2.45, 2.75) is 27.0 Å². The summed E-state index contributed by atoms with van der Waals surface area (Å²) < 4.78 is 32.3. The van der Waals surface area contributed by atoms with Crippen molar-refractivity contribution in [1.29, 1.82) is 0 Å². The van der Waals surface area contributed by atoms with E-state index in [1.54, 1.807) is 55.2 Å². The standard InChI is InChI=1S/C24H24F2N6O3/c1-13-5-6-16(20(9-13)35-24(25)26)12-32(31(4)14(2)33)23(34)15-7-8-19-17(10-15)21-18(22(27)29-19)11-28-30(21)3/h5-11,24H,12H2,1-4H3,(H2,27,29). The predicted molar refractivity (Wildman–Crippen MR) is 127 cm³/mol. The number of ether oxygens (including phenoxy) is 1. The molecule has 0 bridgehead atoms. The number of benzene rings is 2. The Bertz CT molecular complexity index is 1450. The van der Waals surface area contributed by atoms with E-state index in [1.165, 1.54) is 25.0 Å². The van der Waals surface area contributed by atoms with Gasteiger partial charge in [0, 0.05) is 37.5 Å². The average molecular weight is 482 g/mol. The number of hydrogen-bond acceptors (Lipinski definition) is 6. The summed E-state index contributed by atoms with van der Waals surface area (Å²) in [5.41, 5.74) is 8.64. The van der Waals surface area contributed by atoms with E-state index in [-0.39, 0.29) is 17.9 Å². The first kappa shape index (κ1) is 23.9. The second-order valence-electron chi connectivity index (χ2n) is 8.15. The summed E-state index contributed by atoms with van der Waals surface area (Å²) in [5, 5.41) is 7.86. The minimum atomic E-state index is -3.04. The molecular formula is C24H24F2N6O3. The minimum Gasteiger partial charge on any atom is -0.434 e. The number of nitrogen functional groups attached to an aromatic ring is 1. The van der Waals surface area contributed by atoms with E-state index in [1.807, 2.05) is 0 Å². The van der Waals surface area contributed by atoms with E-state index in [0.29, 0.717) is 38.8 Å². The molecule has 0 aliphatic rings. The van der Waals surface area contributed by atoms with E-state index >= 15 is 0 Å². The molecule has 9 nitrogen and oxygen atoms in total. The molecule has 182 valence electrons. The molecule has 0 fully saturated rings. The SMILES string of the molecule is CC(=O)N(C)N(Cc1ccc(C)cc1OC(F)F)C(=O)c1ccc2nc(N)c3cnn(C)c3c2c1. The van der Waals surface area contributed by atoms with Gasteiger partial charge in [-0.25, -0.2) is 9.99 Å². The molecule has 0 saturated heterocycles. The first-order valence-electron chi connectivity index (χ1n) is 10.7. The number of aromatic nitrogens is 3. The molecule has 0 spiro atoms. The van der Waals surface area contributed by atoms with Crippen LogP contribution < -0.4 is 10.5 Å². The number of aryl methyl sites for hydroxylation is 2. The van der Waals surface area contributed by atoms with Crippen LogP contribution in [0.25, 0.3) is 21.8 Å². The molecule has 2 amide bonds. The fraction of sp³-hybridized carbons (Fsp3) is 0.250. The van der Waals surface area contributed by atoms with Crippen molar-refractivity contribution in [1.82, 2.24) is 24.8 Å². The Kier molecular flexibility index (Phi) is 6.25. The second-order valence-corrected chi connectivity index (χ2v) is 8.15. The molecule has 2 aromatic heterocycles. The smallest absolute Gasteiger partial charge is 0.387 e. The summed E-state index contributed by atoms with van der Waals surface area (Å²) in [6.07, 6.45) is 1.60. The van der Waals surface area contributed by atoms with Crippen LogP contribution in [0.3, 0.4) is 0 Å². The zero-order chi connectivity index (χ0) is 25.4. The van der Waals surface area contributed by atoms with E-state index in [9.17, 15) is 18.4 Å². The largest absolute Gasteiger partial charge is 0.434 e. The Labute approximate surface area is 199 Å².